The fourth-order valence-electron chi connectivity index (χ4n) is 2.82. The molecular weight excluding hydrogens is 238 g/mol. The molecule has 1 aromatic rings. The Hall–Kier alpha value is -0.940. The van der Waals surface area contributed by atoms with Crippen molar-refractivity contribution < 1.29 is 4.74 Å². The van der Waals surface area contributed by atoms with Crippen molar-refractivity contribution in [1.29, 1.82) is 0 Å². The third kappa shape index (κ3) is 3.15. The van der Waals surface area contributed by atoms with Gasteiger partial charge in [-0.15, -0.1) is 0 Å². The highest BCUT2D eigenvalue weighted by atomic mass is 16.5. The molecule has 0 saturated carbocycles. The standard InChI is InChI=1S/C15H23N3O/c1-17-7-9-18(10-8-17)16-12-15-14-5-3-2-4-13(14)6-11-19-15/h2-5,15-16H,6-12H2,1H3. The third-order valence-corrected chi connectivity index (χ3v) is 4.10. The van der Waals surface area contributed by atoms with Gasteiger partial charge in [-0.2, -0.15) is 0 Å². The zero-order chi connectivity index (χ0) is 13.1. The molecule has 104 valence electrons. The molecule has 1 N–H and O–H groups in total. The molecule has 2 heterocycles. The summed E-state index contributed by atoms with van der Waals surface area (Å²) in [6.45, 7) is 6.16. The predicted octanol–water partition coefficient (Wildman–Crippen LogP) is 1.05. The molecule has 4 heteroatoms. The minimum atomic E-state index is 0.199. The summed E-state index contributed by atoms with van der Waals surface area (Å²) in [5, 5.41) is 2.32. The van der Waals surface area contributed by atoms with Crippen LogP contribution >= 0.6 is 0 Å². The highest BCUT2D eigenvalue weighted by Gasteiger charge is 2.21. The van der Waals surface area contributed by atoms with Crippen LogP contribution in [0.2, 0.25) is 0 Å². The van der Waals surface area contributed by atoms with Crippen molar-refractivity contribution in [2.45, 2.75) is 12.5 Å². The summed E-state index contributed by atoms with van der Waals surface area (Å²) >= 11 is 0. The van der Waals surface area contributed by atoms with Gasteiger partial charge >= 0.3 is 0 Å². The molecule has 1 aromatic carbocycles. The van der Waals surface area contributed by atoms with E-state index in [1.807, 2.05) is 0 Å². The first-order valence-corrected chi connectivity index (χ1v) is 7.19. The van der Waals surface area contributed by atoms with Gasteiger partial charge in [0, 0.05) is 32.7 Å². The summed E-state index contributed by atoms with van der Waals surface area (Å²) in [5.74, 6) is 0. The van der Waals surface area contributed by atoms with E-state index in [2.05, 4.69) is 46.6 Å². The lowest BCUT2D eigenvalue weighted by Gasteiger charge is -2.34. The lowest BCUT2D eigenvalue weighted by atomic mass is 9.98. The lowest BCUT2D eigenvalue weighted by molar-refractivity contribution is 0.0166. The maximum absolute atomic E-state index is 5.92. The van der Waals surface area contributed by atoms with Crippen LogP contribution in [-0.2, 0) is 11.2 Å². The molecule has 19 heavy (non-hydrogen) atoms. The Morgan fingerprint density at radius 1 is 1.21 bits per heavy atom. The van der Waals surface area contributed by atoms with Crippen molar-refractivity contribution in [3.8, 4) is 0 Å². The largest absolute Gasteiger partial charge is 0.372 e. The van der Waals surface area contributed by atoms with E-state index < -0.39 is 0 Å². The van der Waals surface area contributed by atoms with E-state index in [0.29, 0.717) is 0 Å². The minimum Gasteiger partial charge on any atom is -0.372 e. The summed E-state index contributed by atoms with van der Waals surface area (Å²) in [7, 11) is 2.18. The molecule has 1 saturated heterocycles. The van der Waals surface area contributed by atoms with Crippen molar-refractivity contribution in [1.82, 2.24) is 15.3 Å². The molecule has 0 spiro atoms. The topological polar surface area (TPSA) is 27.7 Å². The van der Waals surface area contributed by atoms with E-state index in [4.69, 9.17) is 4.74 Å². The van der Waals surface area contributed by atoms with E-state index in [1.165, 1.54) is 11.1 Å². The maximum Gasteiger partial charge on any atom is 0.0966 e. The van der Waals surface area contributed by atoms with Gasteiger partial charge in [0.15, 0.2) is 0 Å². The monoisotopic (exact) mass is 261 g/mol. The van der Waals surface area contributed by atoms with Gasteiger partial charge in [-0.25, -0.2) is 5.01 Å². The van der Waals surface area contributed by atoms with Gasteiger partial charge in [0.1, 0.15) is 0 Å². The molecule has 2 aliphatic heterocycles. The second-order valence-electron chi connectivity index (χ2n) is 5.46. The SMILES string of the molecule is CN1CCN(NCC2OCCc3ccccc32)CC1. The van der Waals surface area contributed by atoms with Crippen LogP contribution in [0, 0.1) is 0 Å². The molecule has 3 rings (SSSR count). The first-order valence-electron chi connectivity index (χ1n) is 7.19. The number of nitrogens with one attached hydrogen (secondary N) is 1. The van der Waals surface area contributed by atoms with Gasteiger partial charge in [-0.05, 0) is 24.6 Å². The van der Waals surface area contributed by atoms with Crippen molar-refractivity contribution in [3.05, 3.63) is 35.4 Å². The number of fused-ring (bicyclic) bond motifs is 1. The number of likely N-dealkylation sites (N-methyl/N-ethyl adjacent to an activating group) is 1. The number of ether oxygens (including phenoxy) is 1. The number of hydrazine groups is 1. The molecule has 1 unspecified atom stereocenters. The van der Waals surface area contributed by atoms with Crippen LogP contribution in [0.15, 0.2) is 24.3 Å². The van der Waals surface area contributed by atoms with E-state index in [9.17, 15) is 0 Å². The average molecular weight is 261 g/mol. The van der Waals surface area contributed by atoms with E-state index >= 15 is 0 Å². The molecule has 1 atom stereocenters. The van der Waals surface area contributed by atoms with Crippen LogP contribution < -0.4 is 5.43 Å². The Balaban J connectivity index is 1.56. The number of piperazine rings is 1. The van der Waals surface area contributed by atoms with Gasteiger partial charge in [0.2, 0.25) is 0 Å². The highest BCUT2D eigenvalue weighted by Crippen LogP contribution is 2.26. The van der Waals surface area contributed by atoms with Crippen LogP contribution in [0.3, 0.4) is 0 Å². The predicted molar refractivity (Wildman–Crippen MR) is 75.9 cm³/mol. The van der Waals surface area contributed by atoms with Crippen LogP contribution in [0.4, 0.5) is 0 Å². The zero-order valence-electron chi connectivity index (χ0n) is 11.6. The van der Waals surface area contributed by atoms with Gasteiger partial charge in [0.25, 0.3) is 0 Å². The molecule has 0 aromatic heterocycles. The van der Waals surface area contributed by atoms with Crippen LogP contribution in [-0.4, -0.2) is 56.3 Å². The normalized spacial score (nSPS) is 25.2. The lowest BCUT2D eigenvalue weighted by Crippen LogP contribution is -2.51. The van der Waals surface area contributed by atoms with Gasteiger partial charge in [0.05, 0.1) is 12.7 Å². The van der Waals surface area contributed by atoms with Gasteiger partial charge in [-0.3, -0.25) is 5.43 Å². The quantitative estimate of drug-likeness (QED) is 0.880. The smallest absolute Gasteiger partial charge is 0.0966 e. The first kappa shape index (κ1) is 13.1. The molecule has 1 fully saturated rings. The van der Waals surface area contributed by atoms with E-state index in [0.717, 1.165) is 45.8 Å². The molecule has 0 aliphatic carbocycles. The third-order valence-electron chi connectivity index (χ3n) is 4.10. The summed E-state index contributed by atoms with van der Waals surface area (Å²) < 4.78 is 5.92. The molecule has 0 bridgehead atoms. The van der Waals surface area contributed by atoms with E-state index in [-0.39, 0.29) is 6.10 Å². The van der Waals surface area contributed by atoms with Crippen LogP contribution in [0.1, 0.15) is 17.2 Å². The molecule has 4 nitrogen and oxygen atoms in total. The summed E-state index contributed by atoms with van der Waals surface area (Å²) in [4.78, 5) is 2.37. The molecule has 0 amide bonds. The Morgan fingerprint density at radius 2 is 2.00 bits per heavy atom. The highest BCUT2D eigenvalue weighted by molar-refractivity contribution is 5.31. The fraction of sp³-hybridized carbons (Fsp3) is 0.600. The Labute approximate surface area is 115 Å². The molecular formula is C15H23N3O. The number of benzene rings is 1. The minimum absolute atomic E-state index is 0.199. The van der Waals surface area contributed by atoms with Crippen molar-refractivity contribution in [3.63, 3.8) is 0 Å². The number of rotatable bonds is 3. The van der Waals surface area contributed by atoms with E-state index in [1.54, 1.807) is 0 Å². The van der Waals surface area contributed by atoms with Crippen LogP contribution in [0.5, 0.6) is 0 Å². The Bertz CT molecular complexity index is 416. The number of hydrogen-bond donors (Lipinski definition) is 1. The molecule has 0 radical (unpaired) electrons. The first-order chi connectivity index (χ1) is 9.33. The average Bonchev–Trinajstić information content (AvgIpc) is 2.47. The molecule has 2 aliphatic rings. The van der Waals surface area contributed by atoms with Gasteiger partial charge in [-0.1, -0.05) is 24.3 Å². The van der Waals surface area contributed by atoms with Crippen molar-refractivity contribution in [2.24, 2.45) is 0 Å². The zero-order valence-corrected chi connectivity index (χ0v) is 11.6. The summed E-state index contributed by atoms with van der Waals surface area (Å²) in [6.07, 6.45) is 1.24. The fourth-order valence-corrected chi connectivity index (χ4v) is 2.82. The van der Waals surface area contributed by atoms with Crippen LogP contribution in [0.25, 0.3) is 0 Å². The summed E-state index contributed by atoms with van der Waals surface area (Å²) in [5.41, 5.74) is 6.33. The maximum atomic E-state index is 5.92. The number of nitrogens with zero attached hydrogens (tertiary/aromatic N) is 2. The number of hydrogen-bond acceptors (Lipinski definition) is 4. The summed E-state index contributed by atoms with van der Waals surface area (Å²) in [6, 6.07) is 8.65. The van der Waals surface area contributed by atoms with Crippen molar-refractivity contribution >= 4 is 0 Å². The van der Waals surface area contributed by atoms with Crippen molar-refractivity contribution in [2.75, 3.05) is 46.4 Å². The Kier molecular flexibility index (Phi) is 4.13. The second kappa shape index (κ2) is 6.01. The van der Waals surface area contributed by atoms with Gasteiger partial charge < -0.3 is 9.64 Å². The Morgan fingerprint density at radius 3 is 2.84 bits per heavy atom. The second-order valence-corrected chi connectivity index (χ2v) is 5.46.